The molecular weight excluding hydrogens is 412 g/mol. The fourth-order valence-corrected chi connectivity index (χ4v) is 6.33. The zero-order chi connectivity index (χ0) is 21.9. The van der Waals surface area contributed by atoms with E-state index in [-0.39, 0.29) is 17.7 Å². The summed E-state index contributed by atoms with van der Waals surface area (Å²) in [7, 11) is 0. The molecule has 1 heterocycles. The van der Waals surface area contributed by atoms with Gasteiger partial charge in [0.2, 0.25) is 5.91 Å². The van der Waals surface area contributed by atoms with Crippen molar-refractivity contribution in [2.24, 2.45) is 5.41 Å². The van der Waals surface area contributed by atoms with Gasteiger partial charge in [-0.3, -0.25) is 4.79 Å². The van der Waals surface area contributed by atoms with Gasteiger partial charge in [0.05, 0.1) is 11.1 Å². The first-order valence-electron chi connectivity index (χ1n) is 11.1. The molecular formula is C28H24N2OS. The Morgan fingerprint density at radius 2 is 1.53 bits per heavy atom. The SMILES string of the molecule is Cc1ccc(-c2csc(NC(=O)[C@@]3(C)CC4c5ccccc5C3c3ccccc34)n2)cc1. The lowest BCUT2D eigenvalue weighted by Crippen LogP contribution is -2.47. The topological polar surface area (TPSA) is 42.0 Å². The average Bonchev–Trinajstić information content (AvgIpc) is 3.28. The number of carbonyl (C=O) groups is 1. The van der Waals surface area contributed by atoms with E-state index < -0.39 is 5.41 Å². The third-order valence-corrected chi connectivity index (χ3v) is 7.98. The van der Waals surface area contributed by atoms with Gasteiger partial charge in [0, 0.05) is 22.8 Å². The molecule has 3 aliphatic rings. The summed E-state index contributed by atoms with van der Waals surface area (Å²) in [5.41, 5.74) is 7.99. The van der Waals surface area contributed by atoms with Crippen LogP contribution in [0.1, 0.15) is 53.0 Å². The molecule has 0 saturated heterocycles. The first-order chi connectivity index (χ1) is 15.5. The Kier molecular flexibility index (Phi) is 4.34. The summed E-state index contributed by atoms with van der Waals surface area (Å²) in [6.45, 7) is 4.20. The maximum Gasteiger partial charge on any atom is 0.233 e. The zero-order valence-electron chi connectivity index (χ0n) is 18.1. The fraction of sp³-hybridized carbons (Fsp3) is 0.214. The fourth-order valence-electron chi connectivity index (χ4n) is 5.62. The van der Waals surface area contributed by atoms with Gasteiger partial charge in [0.1, 0.15) is 0 Å². The minimum atomic E-state index is -0.525. The number of carbonyl (C=O) groups excluding carboxylic acids is 1. The van der Waals surface area contributed by atoms with Crippen LogP contribution in [0.2, 0.25) is 0 Å². The van der Waals surface area contributed by atoms with E-state index >= 15 is 0 Å². The molecule has 0 saturated carbocycles. The van der Waals surface area contributed by atoms with Crippen LogP contribution >= 0.6 is 11.3 Å². The standard InChI is InChI=1S/C28H24N2OS/c1-17-11-13-18(14-12-17)24-16-32-27(29-24)30-26(31)28(2)15-23-19-7-3-5-9-21(19)25(28)22-10-6-4-8-20(22)23/h3-14,16,23,25H,15H2,1-2H3,(H,29,30,31)/t23?,25?,28-/m0/s1. The van der Waals surface area contributed by atoms with Gasteiger partial charge < -0.3 is 5.32 Å². The van der Waals surface area contributed by atoms with Crippen LogP contribution in [-0.4, -0.2) is 10.9 Å². The number of rotatable bonds is 3. The van der Waals surface area contributed by atoms with Gasteiger partial charge in [-0.25, -0.2) is 4.98 Å². The molecule has 1 N–H and O–H groups in total. The highest BCUT2D eigenvalue weighted by atomic mass is 32.1. The van der Waals surface area contributed by atoms with Crippen molar-refractivity contribution in [2.75, 3.05) is 5.32 Å². The Labute approximate surface area is 192 Å². The molecule has 32 heavy (non-hydrogen) atoms. The summed E-state index contributed by atoms with van der Waals surface area (Å²) >= 11 is 1.49. The van der Waals surface area contributed by atoms with Crippen molar-refractivity contribution >= 4 is 22.4 Å². The smallest absolute Gasteiger partial charge is 0.233 e. The maximum atomic E-state index is 13.7. The minimum Gasteiger partial charge on any atom is -0.301 e. The lowest BCUT2D eigenvalue weighted by molar-refractivity contribution is -0.126. The van der Waals surface area contributed by atoms with Crippen LogP contribution in [0.15, 0.2) is 78.2 Å². The van der Waals surface area contributed by atoms with Gasteiger partial charge in [-0.15, -0.1) is 11.3 Å². The number of aromatic nitrogens is 1. The van der Waals surface area contributed by atoms with Crippen LogP contribution in [-0.2, 0) is 4.79 Å². The monoisotopic (exact) mass is 436 g/mol. The molecule has 2 bridgehead atoms. The molecule has 1 atom stereocenters. The number of hydrogen-bond donors (Lipinski definition) is 1. The third kappa shape index (κ3) is 2.86. The molecule has 4 aromatic rings. The highest BCUT2D eigenvalue weighted by Crippen LogP contribution is 2.61. The van der Waals surface area contributed by atoms with Crippen LogP contribution in [0, 0.1) is 12.3 Å². The van der Waals surface area contributed by atoms with Crippen molar-refractivity contribution in [2.45, 2.75) is 32.1 Å². The van der Waals surface area contributed by atoms with Crippen molar-refractivity contribution in [3.8, 4) is 11.3 Å². The van der Waals surface area contributed by atoms with Gasteiger partial charge in [-0.05, 0) is 42.5 Å². The Bertz CT molecular complexity index is 1290. The minimum absolute atomic E-state index is 0.0523. The van der Waals surface area contributed by atoms with Crippen LogP contribution in [0.25, 0.3) is 11.3 Å². The van der Waals surface area contributed by atoms with Gasteiger partial charge in [0.25, 0.3) is 0 Å². The van der Waals surface area contributed by atoms with Gasteiger partial charge >= 0.3 is 0 Å². The largest absolute Gasteiger partial charge is 0.301 e. The van der Waals surface area contributed by atoms with E-state index in [9.17, 15) is 4.79 Å². The Balaban J connectivity index is 1.34. The number of fused-ring (bicyclic) bond motifs is 1. The number of thiazole rings is 1. The second-order valence-electron chi connectivity index (χ2n) is 9.22. The van der Waals surface area contributed by atoms with E-state index in [4.69, 9.17) is 4.98 Å². The Morgan fingerprint density at radius 3 is 2.16 bits per heavy atom. The van der Waals surface area contributed by atoms with Gasteiger partial charge in [-0.2, -0.15) is 0 Å². The molecule has 4 heteroatoms. The highest BCUT2D eigenvalue weighted by Gasteiger charge is 2.53. The van der Waals surface area contributed by atoms with Gasteiger partial charge in [0.15, 0.2) is 5.13 Å². The molecule has 3 nitrogen and oxygen atoms in total. The van der Waals surface area contributed by atoms with Crippen molar-refractivity contribution in [3.05, 3.63) is 106 Å². The second-order valence-corrected chi connectivity index (χ2v) is 10.1. The van der Waals surface area contributed by atoms with Crippen molar-refractivity contribution < 1.29 is 4.79 Å². The van der Waals surface area contributed by atoms with Crippen LogP contribution in [0.3, 0.4) is 0 Å². The molecule has 1 aromatic heterocycles. The molecule has 3 aliphatic carbocycles. The average molecular weight is 437 g/mol. The van der Waals surface area contributed by atoms with Crippen molar-refractivity contribution in [1.29, 1.82) is 0 Å². The normalized spacial score (nSPS) is 22.8. The quantitative estimate of drug-likeness (QED) is 0.386. The number of amides is 1. The molecule has 0 aliphatic heterocycles. The maximum absolute atomic E-state index is 13.7. The van der Waals surface area contributed by atoms with Crippen LogP contribution < -0.4 is 5.32 Å². The predicted molar refractivity (Wildman–Crippen MR) is 130 cm³/mol. The summed E-state index contributed by atoms with van der Waals surface area (Å²) < 4.78 is 0. The highest BCUT2D eigenvalue weighted by molar-refractivity contribution is 7.14. The van der Waals surface area contributed by atoms with Crippen molar-refractivity contribution in [3.63, 3.8) is 0 Å². The summed E-state index contributed by atoms with van der Waals surface area (Å²) in [5, 5.41) is 5.84. The number of benzene rings is 3. The zero-order valence-corrected chi connectivity index (χ0v) is 18.9. The lowest BCUT2D eigenvalue weighted by Gasteiger charge is -2.50. The summed E-state index contributed by atoms with van der Waals surface area (Å²) in [5.74, 6) is 0.361. The molecule has 0 fully saturated rings. The van der Waals surface area contributed by atoms with E-state index in [1.165, 1.54) is 39.2 Å². The van der Waals surface area contributed by atoms with E-state index in [1.54, 1.807) is 0 Å². The molecule has 0 radical (unpaired) electrons. The van der Waals surface area contributed by atoms with Crippen LogP contribution in [0.5, 0.6) is 0 Å². The lowest BCUT2D eigenvalue weighted by atomic mass is 9.52. The molecule has 1 amide bonds. The summed E-state index contributed by atoms with van der Waals surface area (Å²) in [6.07, 6.45) is 0.813. The summed E-state index contributed by atoms with van der Waals surface area (Å²) in [6, 6.07) is 25.6. The van der Waals surface area contributed by atoms with E-state index in [0.717, 1.165) is 17.7 Å². The molecule has 7 rings (SSSR count). The van der Waals surface area contributed by atoms with E-state index in [1.807, 2.05) is 5.38 Å². The molecule has 0 unspecified atom stereocenters. The predicted octanol–water partition coefficient (Wildman–Crippen LogP) is 6.74. The van der Waals surface area contributed by atoms with Crippen molar-refractivity contribution in [1.82, 2.24) is 4.98 Å². The molecule has 3 aromatic carbocycles. The first-order valence-corrected chi connectivity index (χ1v) is 11.9. The second kappa shape index (κ2) is 7.14. The first kappa shape index (κ1) is 19.4. The number of hydrogen-bond acceptors (Lipinski definition) is 3. The Hall–Kier alpha value is -3.24. The summed E-state index contributed by atoms with van der Waals surface area (Å²) in [4.78, 5) is 18.5. The van der Waals surface area contributed by atoms with Gasteiger partial charge in [-0.1, -0.05) is 78.4 Å². The Morgan fingerprint density at radius 1 is 0.938 bits per heavy atom. The van der Waals surface area contributed by atoms with Crippen LogP contribution in [0.4, 0.5) is 5.13 Å². The third-order valence-electron chi connectivity index (χ3n) is 7.22. The molecule has 0 spiro atoms. The number of nitrogens with zero attached hydrogens (tertiary/aromatic N) is 1. The van der Waals surface area contributed by atoms with E-state index in [2.05, 4.69) is 92.0 Å². The number of aryl methyl sites for hydroxylation is 1. The number of nitrogens with one attached hydrogen (secondary N) is 1. The van der Waals surface area contributed by atoms with E-state index in [0.29, 0.717) is 5.13 Å². The molecule has 158 valence electrons. The number of anilines is 1.